The summed E-state index contributed by atoms with van der Waals surface area (Å²) in [4.78, 5) is 12.6. The van der Waals surface area contributed by atoms with Crippen molar-refractivity contribution >= 4 is 5.91 Å². The van der Waals surface area contributed by atoms with Gasteiger partial charge in [0.15, 0.2) is 11.6 Å². The molecule has 0 aliphatic carbocycles. The molecule has 0 spiro atoms. The lowest BCUT2D eigenvalue weighted by Crippen LogP contribution is -2.50. The van der Waals surface area contributed by atoms with Gasteiger partial charge in [-0.1, -0.05) is 6.07 Å². The summed E-state index contributed by atoms with van der Waals surface area (Å²) in [6, 6.07) is 10.6. The summed E-state index contributed by atoms with van der Waals surface area (Å²) in [6.45, 7) is 2.24. The smallest absolute Gasteiger partial charge is 0.251 e. The van der Waals surface area contributed by atoms with E-state index in [1.165, 1.54) is 6.07 Å². The summed E-state index contributed by atoms with van der Waals surface area (Å²) in [7, 11) is 1.60. The van der Waals surface area contributed by atoms with Gasteiger partial charge in [-0.05, 0) is 54.9 Å². The lowest BCUT2D eigenvalue weighted by Gasteiger charge is -2.33. The van der Waals surface area contributed by atoms with E-state index in [0.29, 0.717) is 36.6 Å². The molecule has 5 nitrogen and oxygen atoms in total. The van der Waals surface area contributed by atoms with E-state index in [1.807, 2.05) is 0 Å². The molecule has 0 bridgehead atoms. The average Bonchev–Trinajstić information content (AvgIpc) is 2.71. The number of ether oxygens (including phenoxy) is 2. The van der Waals surface area contributed by atoms with E-state index in [2.05, 4.69) is 10.6 Å². The van der Waals surface area contributed by atoms with Crippen LogP contribution in [0.15, 0.2) is 42.5 Å². The molecule has 1 heterocycles. The van der Waals surface area contributed by atoms with Crippen molar-refractivity contribution in [3.8, 4) is 5.75 Å². The van der Waals surface area contributed by atoms with Crippen LogP contribution >= 0.6 is 0 Å². The van der Waals surface area contributed by atoms with Gasteiger partial charge in [-0.15, -0.1) is 0 Å². The lowest BCUT2D eigenvalue weighted by atomic mass is 9.85. The standard InChI is InChI=1S/C21H24F2N2O3/c1-27-10-11-28-16-5-2-14(3-6-16)21(26)25-20-13-24-9-8-17(20)15-4-7-18(22)19(23)12-15/h2-7,12,17,20,24H,8-11,13H2,1H3,(H,25,26). The fourth-order valence-corrected chi connectivity index (χ4v) is 3.35. The van der Waals surface area contributed by atoms with E-state index >= 15 is 0 Å². The van der Waals surface area contributed by atoms with Crippen molar-refractivity contribution in [1.29, 1.82) is 0 Å². The highest BCUT2D eigenvalue weighted by molar-refractivity contribution is 5.94. The van der Waals surface area contributed by atoms with Crippen molar-refractivity contribution in [2.45, 2.75) is 18.4 Å². The number of benzene rings is 2. The number of carbonyl (C=O) groups excluding carboxylic acids is 1. The van der Waals surface area contributed by atoms with E-state index in [9.17, 15) is 13.6 Å². The van der Waals surface area contributed by atoms with Crippen LogP contribution in [0.2, 0.25) is 0 Å². The van der Waals surface area contributed by atoms with Crippen molar-refractivity contribution in [2.75, 3.05) is 33.4 Å². The zero-order chi connectivity index (χ0) is 19.9. The van der Waals surface area contributed by atoms with Gasteiger partial charge in [-0.3, -0.25) is 4.79 Å². The molecule has 0 aromatic heterocycles. The normalized spacial score (nSPS) is 19.2. The molecule has 7 heteroatoms. The molecule has 2 N–H and O–H groups in total. The number of piperidine rings is 1. The number of hydrogen-bond donors (Lipinski definition) is 2. The third-order valence-electron chi connectivity index (χ3n) is 4.84. The van der Waals surface area contributed by atoms with Crippen LogP contribution in [0.5, 0.6) is 5.75 Å². The fourth-order valence-electron chi connectivity index (χ4n) is 3.35. The quantitative estimate of drug-likeness (QED) is 0.714. The Labute approximate surface area is 163 Å². The molecule has 2 unspecified atom stereocenters. The van der Waals surface area contributed by atoms with Gasteiger partial charge in [0.2, 0.25) is 0 Å². The number of methoxy groups -OCH3 is 1. The Morgan fingerprint density at radius 2 is 1.93 bits per heavy atom. The molecule has 28 heavy (non-hydrogen) atoms. The molecule has 150 valence electrons. The molecule has 2 aromatic carbocycles. The Morgan fingerprint density at radius 1 is 1.14 bits per heavy atom. The zero-order valence-electron chi connectivity index (χ0n) is 15.7. The van der Waals surface area contributed by atoms with Crippen LogP contribution in [0.3, 0.4) is 0 Å². The van der Waals surface area contributed by atoms with Crippen LogP contribution in [-0.4, -0.2) is 45.4 Å². The molecule has 1 saturated heterocycles. The maximum absolute atomic E-state index is 13.6. The average molecular weight is 390 g/mol. The van der Waals surface area contributed by atoms with E-state index in [4.69, 9.17) is 9.47 Å². The maximum Gasteiger partial charge on any atom is 0.251 e. The van der Waals surface area contributed by atoms with Crippen LogP contribution in [0.4, 0.5) is 8.78 Å². The van der Waals surface area contributed by atoms with E-state index in [-0.39, 0.29) is 17.9 Å². The monoisotopic (exact) mass is 390 g/mol. The summed E-state index contributed by atoms with van der Waals surface area (Å²) in [6.07, 6.45) is 0.725. The van der Waals surface area contributed by atoms with Gasteiger partial charge in [0.25, 0.3) is 5.91 Å². The fraction of sp³-hybridized carbons (Fsp3) is 0.381. The molecule has 1 aliphatic rings. The van der Waals surface area contributed by atoms with Crippen LogP contribution in [0.25, 0.3) is 0 Å². The van der Waals surface area contributed by atoms with Gasteiger partial charge >= 0.3 is 0 Å². The first-order valence-corrected chi connectivity index (χ1v) is 9.27. The minimum atomic E-state index is -0.870. The number of halogens is 2. The first-order chi connectivity index (χ1) is 13.6. The summed E-state index contributed by atoms with van der Waals surface area (Å²) in [5.41, 5.74) is 1.20. The molecule has 2 aromatic rings. The Hall–Kier alpha value is -2.51. The second-order valence-electron chi connectivity index (χ2n) is 6.72. The minimum absolute atomic E-state index is 0.0862. The van der Waals surface area contributed by atoms with Crippen molar-refractivity contribution < 1.29 is 23.0 Å². The second kappa shape index (κ2) is 9.61. The molecule has 1 aliphatic heterocycles. The summed E-state index contributed by atoms with van der Waals surface area (Å²) in [5, 5.41) is 6.25. The van der Waals surface area contributed by atoms with Gasteiger partial charge in [0, 0.05) is 31.2 Å². The number of rotatable bonds is 7. The van der Waals surface area contributed by atoms with Gasteiger partial charge in [-0.25, -0.2) is 8.78 Å². The Balaban J connectivity index is 1.66. The predicted octanol–water partition coefficient (Wildman–Crippen LogP) is 2.87. The highest BCUT2D eigenvalue weighted by Crippen LogP contribution is 2.27. The molecule has 2 atom stereocenters. The molecular weight excluding hydrogens is 366 g/mol. The van der Waals surface area contributed by atoms with Gasteiger partial charge in [0.1, 0.15) is 12.4 Å². The van der Waals surface area contributed by atoms with Crippen molar-refractivity contribution in [2.24, 2.45) is 0 Å². The Bertz CT molecular complexity index is 799. The van der Waals surface area contributed by atoms with Crippen molar-refractivity contribution in [3.05, 3.63) is 65.2 Å². The number of nitrogens with one attached hydrogen (secondary N) is 2. The molecule has 0 saturated carbocycles. The lowest BCUT2D eigenvalue weighted by molar-refractivity contribution is 0.0924. The highest BCUT2D eigenvalue weighted by Gasteiger charge is 2.28. The summed E-state index contributed by atoms with van der Waals surface area (Å²) in [5.74, 6) is -1.38. The molecule has 3 rings (SSSR count). The Kier molecular flexibility index (Phi) is 6.95. The Morgan fingerprint density at radius 3 is 2.64 bits per heavy atom. The third kappa shape index (κ3) is 5.05. The van der Waals surface area contributed by atoms with Gasteiger partial charge in [-0.2, -0.15) is 0 Å². The number of carbonyl (C=O) groups is 1. The van der Waals surface area contributed by atoms with Crippen LogP contribution < -0.4 is 15.4 Å². The zero-order valence-corrected chi connectivity index (χ0v) is 15.7. The molecular formula is C21H24F2N2O3. The highest BCUT2D eigenvalue weighted by atomic mass is 19.2. The summed E-state index contributed by atoms with van der Waals surface area (Å²) >= 11 is 0. The van der Waals surface area contributed by atoms with E-state index in [1.54, 1.807) is 37.4 Å². The minimum Gasteiger partial charge on any atom is -0.491 e. The predicted molar refractivity (Wildman–Crippen MR) is 102 cm³/mol. The second-order valence-corrected chi connectivity index (χ2v) is 6.72. The van der Waals surface area contributed by atoms with Crippen molar-refractivity contribution in [3.63, 3.8) is 0 Å². The molecule has 1 fully saturated rings. The van der Waals surface area contributed by atoms with Crippen LogP contribution in [0.1, 0.15) is 28.3 Å². The SMILES string of the molecule is COCCOc1ccc(C(=O)NC2CNCCC2c2ccc(F)c(F)c2)cc1. The van der Waals surface area contributed by atoms with Gasteiger partial charge < -0.3 is 20.1 Å². The summed E-state index contributed by atoms with van der Waals surface area (Å²) < 4.78 is 37.3. The maximum atomic E-state index is 13.6. The molecule has 0 radical (unpaired) electrons. The van der Waals surface area contributed by atoms with E-state index < -0.39 is 11.6 Å². The van der Waals surface area contributed by atoms with Gasteiger partial charge in [0.05, 0.1) is 6.61 Å². The topological polar surface area (TPSA) is 59.6 Å². The van der Waals surface area contributed by atoms with E-state index in [0.717, 1.165) is 19.0 Å². The third-order valence-corrected chi connectivity index (χ3v) is 4.84. The van der Waals surface area contributed by atoms with Crippen molar-refractivity contribution in [1.82, 2.24) is 10.6 Å². The molecule has 1 amide bonds. The largest absolute Gasteiger partial charge is 0.491 e. The van der Waals surface area contributed by atoms with Crippen LogP contribution in [0, 0.1) is 11.6 Å². The first kappa shape index (κ1) is 20.2. The first-order valence-electron chi connectivity index (χ1n) is 9.27. The van der Waals surface area contributed by atoms with Crippen LogP contribution in [-0.2, 0) is 4.74 Å². The number of amides is 1. The number of hydrogen-bond acceptors (Lipinski definition) is 4.